The normalized spacial score (nSPS) is 11.4. The molecular formula is C20H30F2N2O4. The van der Waals surface area contributed by atoms with Gasteiger partial charge in [-0.3, -0.25) is 9.59 Å². The Bertz CT molecular complexity index is 660. The van der Waals surface area contributed by atoms with Gasteiger partial charge in [0.1, 0.15) is 18.0 Å². The molecule has 1 aromatic rings. The van der Waals surface area contributed by atoms with E-state index in [4.69, 9.17) is 9.47 Å². The molecule has 0 bridgehead atoms. The lowest BCUT2D eigenvalue weighted by molar-refractivity contribution is -0.159. The average Bonchev–Trinajstić information content (AvgIpc) is 2.55. The largest absolute Gasteiger partial charge is 0.491 e. The van der Waals surface area contributed by atoms with Crippen molar-refractivity contribution >= 4 is 11.9 Å². The lowest BCUT2D eigenvalue weighted by Crippen LogP contribution is -2.42. The zero-order valence-electron chi connectivity index (χ0n) is 17.3. The number of carbonyl (C=O) groups excluding carboxylic acids is 2. The molecule has 0 heterocycles. The van der Waals surface area contributed by atoms with E-state index in [1.54, 1.807) is 20.8 Å². The van der Waals surface area contributed by atoms with Crippen LogP contribution in [0, 0.1) is 11.6 Å². The summed E-state index contributed by atoms with van der Waals surface area (Å²) in [5, 5.41) is 0. The Morgan fingerprint density at radius 2 is 1.79 bits per heavy atom. The van der Waals surface area contributed by atoms with Crippen LogP contribution in [-0.4, -0.2) is 67.6 Å². The number of hydrogen-bond donors (Lipinski definition) is 0. The second-order valence-corrected chi connectivity index (χ2v) is 7.73. The second kappa shape index (κ2) is 10.9. The minimum atomic E-state index is -0.788. The molecule has 0 saturated heterocycles. The number of ether oxygens (including phenoxy) is 2. The fraction of sp³-hybridized carbons (Fsp3) is 0.600. The highest BCUT2D eigenvalue weighted by molar-refractivity contribution is 5.82. The molecule has 0 aliphatic rings. The fourth-order valence-electron chi connectivity index (χ4n) is 2.30. The van der Waals surface area contributed by atoms with Gasteiger partial charge >= 0.3 is 5.97 Å². The van der Waals surface area contributed by atoms with E-state index in [0.29, 0.717) is 19.5 Å². The minimum Gasteiger partial charge on any atom is -0.491 e. The zero-order chi connectivity index (χ0) is 21.3. The number of rotatable bonds is 10. The van der Waals surface area contributed by atoms with Crippen molar-refractivity contribution in [3.63, 3.8) is 0 Å². The Labute approximate surface area is 165 Å². The maximum atomic E-state index is 13.5. The number of benzene rings is 1. The Morgan fingerprint density at radius 3 is 2.36 bits per heavy atom. The van der Waals surface area contributed by atoms with Crippen molar-refractivity contribution in [2.75, 3.05) is 40.3 Å². The quantitative estimate of drug-likeness (QED) is 0.447. The van der Waals surface area contributed by atoms with Gasteiger partial charge in [-0.25, -0.2) is 8.78 Å². The summed E-state index contributed by atoms with van der Waals surface area (Å²) in [6.07, 6.45) is 0.474. The van der Waals surface area contributed by atoms with Crippen LogP contribution in [0.15, 0.2) is 18.2 Å². The number of esters is 1. The molecule has 0 N–H and O–H groups in total. The molecule has 6 nitrogen and oxygen atoms in total. The first-order valence-corrected chi connectivity index (χ1v) is 9.20. The molecule has 1 rings (SSSR count). The van der Waals surface area contributed by atoms with E-state index >= 15 is 0 Å². The van der Waals surface area contributed by atoms with Crippen molar-refractivity contribution in [2.45, 2.75) is 39.2 Å². The molecule has 0 atom stereocenters. The van der Waals surface area contributed by atoms with Crippen LogP contribution >= 0.6 is 0 Å². The van der Waals surface area contributed by atoms with E-state index in [2.05, 4.69) is 0 Å². The van der Waals surface area contributed by atoms with Crippen molar-refractivity contribution in [3.8, 4) is 5.75 Å². The van der Waals surface area contributed by atoms with Crippen molar-refractivity contribution < 1.29 is 27.8 Å². The Hall–Kier alpha value is -2.22. The summed E-state index contributed by atoms with van der Waals surface area (Å²) in [6.45, 7) is 6.26. The third-order valence-corrected chi connectivity index (χ3v) is 3.60. The summed E-state index contributed by atoms with van der Waals surface area (Å²) < 4.78 is 36.9. The summed E-state index contributed by atoms with van der Waals surface area (Å²) in [5.41, 5.74) is -0.625. The van der Waals surface area contributed by atoms with Gasteiger partial charge in [0.15, 0.2) is 11.6 Å². The highest BCUT2D eigenvalue weighted by Crippen LogP contribution is 2.18. The van der Waals surface area contributed by atoms with Crippen molar-refractivity contribution in [1.29, 1.82) is 0 Å². The van der Waals surface area contributed by atoms with Crippen LogP contribution in [0.25, 0.3) is 0 Å². The monoisotopic (exact) mass is 400 g/mol. The van der Waals surface area contributed by atoms with Gasteiger partial charge in [0, 0.05) is 25.6 Å². The van der Waals surface area contributed by atoms with Gasteiger partial charge in [-0.1, -0.05) is 0 Å². The van der Waals surface area contributed by atoms with Crippen LogP contribution in [0.4, 0.5) is 8.78 Å². The lowest BCUT2D eigenvalue weighted by Gasteiger charge is -2.26. The molecule has 0 unspecified atom stereocenters. The molecule has 0 radical (unpaired) electrons. The topological polar surface area (TPSA) is 59.1 Å². The molecule has 0 spiro atoms. The van der Waals surface area contributed by atoms with Crippen LogP contribution < -0.4 is 4.74 Å². The lowest BCUT2D eigenvalue weighted by atomic mass is 10.2. The van der Waals surface area contributed by atoms with E-state index in [9.17, 15) is 18.4 Å². The van der Waals surface area contributed by atoms with E-state index < -0.39 is 23.2 Å². The van der Waals surface area contributed by atoms with Crippen LogP contribution in [0.5, 0.6) is 5.75 Å². The molecule has 0 aliphatic carbocycles. The third-order valence-electron chi connectivity index (χ3n) is 3.60. The van der Waals surface area contributed by atoms with Crippen LogP contribution in [-0.2, 0) is 14.3 Å². The van der Waals surface area contributed by atoms with Crippen LogP contribution in [0.3, 0.4) is 0 Å². The third kappa shape index (κ3) is 9.64. The molecule has 28 heavy (non-hydrogen) atoms. The molecule has 8 heteroatoms. The van der Waals surface area contributed by atoms with Crippen LogP contribution in [0.1, 0.15) is 33.6 Å². The second-order valence-electron chi connectivity index (χ2n) is 7.73. The Morgan fingerprint density at radius 1 is 1.11 bits per heavy atom. The van der Waals surface area contributed by atoms with Gasteiger partial charge in [-0.2, -0.15) is 0 Å². The summed E-state index contributed by atoms with van der Waals surface area (Å²) in [6, 6.07) is 3.05. The molecule has 0 aromatic heterocycles. The standard InChI is InChI=1S/C20H30F2N2O4/c1-20(2,3)28-19(26)14-24(11-10-23(4)5)18(25)7-6-12-27-17-9-8-15(21)13-16(17)22/h8-9,13H,6-7,10-12,14H2,1-5H3. The molecule has 0 aliphatic heterocycles. The summed E-state index contributed by atoms with van der Waals surface area (Å²) in [7, 11) is 3.75. The highest BCUT2D eigenvalue weighted by atomic mass is 19.1. The van der Waals surface area contributed by atoms with Gasteiger partial charge in [0.2, 0.25) is 5.91 Å². The summed E-state index contributed by atoms with van der Waals surface area (Å²) in [5.74, 6) is -2.21. The first kappa shape index (κ1) is 23.8. The predicted molar refractivity (Wildman–Crippen MR) is 102 cm³/mol. The first-order chi connectivity index (χ1) is 13.0. The first-order valence-electron chi connectivity index (χ1n) is 9.20. The molecule has 0 fully saturated rings. The molecule has 1 amide bonds. The number of carbonyl (C=O) groups is 2. The summed E-state index contributed by atoms with van der Waals surface area (Å²) >= 11 is 0. The SMILES string of the molecule is CN(C)CCN(CC(=O)OC(C)(C)C)C(=O)CCCOc1ccc(F)cc1F. The maximum absolute atomic E-state index is 13.5. The summed E-state index contributed by atoms with van der Waals surface area (Å²) in [4.78, 5) is 27.9. The number of halogens is 2. The van der Waals surface area contributed by atoms with Gasteiger partial charge in [0.25, 0.3) is 0 Å². The smallest absolute Gasteiger partial charge is 0.326 e. The molecule has 1 aromatic carbocycles. The Balaban J connectivity index is 2.53. The van der Waals surface area contributed by atoms with Gasteiger partial charge in [-0.05, 0) is 53.4 Å². The molecular weight excluding hydrogens is 370 g/mol. The van der Waals surface area contributed by atoms with Crippen molar-refractivity contribution in [2.24, 2.45) is 0 Å². The molecule has 158 valence electrons. The minimum absolute atomic E-state index is 0.0629. The zero-order valence-corrected chi connectivity index (χ0v) is 17.3. The average molecular weight is 400 g/mol. The maximum Gasteiger partial charge on any atom is 0.326 e. The Kier molecular flexibility index (Phi) is 9.31. The van der Waals surface area contributed by atoms with E-state index in [-0.39, 0.29) is 31.2 Å². The van der Waals surface area contributed by atoms with Gasteiger partial charge in [0.05, 0.1) is 6.61 Å². The van der Waals surface area contributed by atoms with E-state index in [1.807, 2.05) is 19.0 Å². The highest BCUT2D eigenvalue weighted by Gasteiger charge is 2.22. The van der Waals surface area contributed by atoms with Crippen molar-refractivity contribution in [1.82, 2.24) is 9.80 Å². The van der Waals surface area contributed by atoms with Gasteiger partial charge in [-0.15, -0.1) is 0 Å². The van der Waals surface area contributed by atoms with Crippen molar-refractivity contribution in [3.05, 3.63) is 29.8 Å². The number of likely N-dealkylation sites (N-methyl/N-ethyl adjacent to an activating group) is 1. The number of amides is 1. The fourth-order valence-corrected chi connectivity index (χ4v) is 2.30. The number of nitrogens with zero attached hydrogens (tertiary/aromatic N) is 2. The predicted octanol–water partition coefficient (Wildman–Crippen LogP) is 2.86. The molecule has 0 saturated carbocycles. The van der Waals surface area contributed by atoms with E-state index in [1.165, 1.54) is 11.0 Å². The van der Waals surface area contributed by atoms with Crippen LogP contribution in [0.2, 0.25) is 0 Å². The number of hydrogen-bond acceptors (Lipinski definition) is 5. The van der Waals surface area contributed by atoms with Gasteiger partial charge < -0.3 is 19.3 Å². The van der Waals surface area contributed by atoms with E-state index in [0.717, 1.165) is 12.1 Å².